The molecule has 0 aliphatic rings. The number of aryl methyl sites for hydroxylation is 1. The van der Waals surface area contributed by atoms with Crippen LogP contribution in [-0.2, 0) is 0 Å². The Balaban J connectivity index is 3.51. The lowest BCUT2D eigenvalue weighted by molar-refractivity contribution is 0.483. The first kappa shape index (κ1) is 13.5. The van der Waals surface area contributed by atoms with Crippen molar-refractivity contribution < 1.29 is 5.11 Å². The summed E-state index contributed by atoms with van der Waals surface area (Å²) in [6.45, 7) is 15.9. The molecule has 0 atom stereocenters. The summed E-state index contributed by atoms with van der Waals surface area (Å²) in [6, 6.07) is 4.34. The fourth-order valence-electron chi connectivity index (χ4n) is 1.92. The molecule has 0 heterocycles. The summed E-state index contributed by atoms with van der Waals surface area (Å²) in [7, 11) is -2.89. The minimum atomic E-state index is -1.45. The molecular formula is C13H24OSi2. The number of benzene rings is 1. The molecule has 0 bridgehead atoms. The third kappa shape index (κ3) is 2.77. The standard InChI is InChI=1S/C13H24OSi2/c1-10-8-11(15(2,3)4)13(14)12(9-10)16(5,6)7/h8-9,14H,1-7H3. The molecule has 0 saturated carbocycles. The molecule has 0 fully saturated rings. The van der Waals surface area contributed by atoms with Gasteiger partial charge in [0.15, 0.2) is 0 Å². The molecule has 1 nitrogen and oxygen atoms in total. The molecule has 1 rings (SSSR count). The van der Waals surface area contributed by atoms with Gasteiger partial charge in [-0.3, -0.25) is 0 Å². The summed E-state index contributed by atoms with van der Waals surface area (Å²) in [5.41, 5.74) is 1.28. The second kappa shape index (κ2) is 4.04. The van der Waals surface area contributed by atoms with Crippen LogP contribution in [0.3, 0.4) is 0 Å². The number of phenolic OH excluding ortho intramolecular Hbond substituents is 1. The molecule has 0 unspecified atom stereocenters. The number of rotatable bonds is 2. The third-order valence-corrected chi connectivity index (χ3v) is 6.86. The second-order valence-electron chi connectivity index (χ2n) is 6.71. The highest BCUT2D eigenvalue weighted by Gasteiger charge is 2.27. The van der Waals surface area contributed by atoms with Crippen LogP contribution in [0.1, 0.15) is 5.56 Å². The Bertz CT molecular complexity index is 362. The van der Waals surface area contributed by atoms with Crippen LogP contribution in [0.15, 0.2) is 12.1 Å². The molecule has 0 aliphatic carbocycles. The lowest BCUT2D eigenvalue weighted by Crippen LogP contribution is -2.45. The van der Waals surface area contributed by atoms with Crippen molar-refractivity contribution in [2.45, 2.75) is 46.2 Å². The van der Waals surface area contributed by atoms with Gasteiger partial charge in [-0.15, -0.1) is 0 Å². The Labute approximate surface area is 102 Å². The van der Waals surface area contributed by atoms with E-state index in [1.807, 2.05) is 0 Å². The molecule has 0 radical (unpaired) electrons. The van der Waals surface area contributed by atoms with Crippen LogP contribution in [0.2, 0.25) is 39.3 Å². The van der Waals surface area contributed by atoms with Crippen LogP contribution >= 0.6 is 0 Å². The highest BCUT2D eigenvalue weighted by atomic mass is 28.3. The first-order chi connectivity index (χ1) is 7.03. The summed E-state index contributed by atoms with van der Waals surface area (Å²) >= 11 is 0. The van der Waals surface area contributed by atoms with Crippen LogP contribution in [0.5, 0.6) is 5.75 Å². The Morgan fingerprint density at radius 2 is 1.12 bits per heavy atom. The van der Waals surface area contributed by atoms with Crippen molar-refractivity contribution in [2.24, 2.45) is 0 Å². The average molecular weight is 253 g/mol. The van der Waals surface area contributed by atoms with E-state index in [9.17, 15) is 5.11 Å². The van der Waals surface area contributed by atoms with Crippen LogP contribution in [0.4, 0.5) is 0 Å². The predicted octanol–water partition coefficient (Wildman–Crippen LogP) is 2.79. The van der Waals surface area contributed by atoms with Crippen molar-refractivity contribution >= 4 is 26.5 Å². The van der Waals surface area contributed by atoms with Crippen molar-refractivity contribution in [1.29, 1.82) is 0 Å². The van der Waals surface area contributed by atoms with Gasteiger partial charge in [-0.05, 0) is 17.3 Å². The number of phenols is 1. The zero-order chi connectivity index (χ0) is 12.7. The third-order valence-electron chi connectivity index (χ3n) is 2.87. The maximum atomic E-state index is 10.5. The summed E-state index contributed by atoms with van der Waals surface area (Å²) in [5, 5.41) is 12.9. The fourth-order valence-corrected chi connectivity index (χ4v) is 5.06. The van der Waals surface area contributed by atoms with Crippen LogP contribution < -0.4 is 10.4 Å². The molecular weight excluding hydrogens is 228 g/mol. The largest absolute Gasteiger partial charge is 0.508 e. The first-order valence-electron chi connectivity index (χ1n) is 5.88. The topological polar surface area (TPSA) is 20.2 Å². The van der Waals surface area contributed by atoms with Crippen LogP contribution in [0, 0.1) is 6.92 Å². The molecule has 0 saturated heterocycles. The summed E-state index contributed by atoms with van der Waals surface area (Å²) < 4.78 is 0. The van der Waals surface area contributed by atoms with E-state index in [0.717, 1.165) is 0 Å². The SMILES string of the molecule is Cc1cc([Si](C)(C)C)c(O)c([Si](C)(C)C)c1. The van der Waals surface area contributed by atoms with E-state index in [-0.39, 0.29) is 0 Å². The molecule has 1 aromatic rings. The van der Waals surface area contributed by atoms with Gasteiger partial charge >= 0.3 is 0 Å². The Morgan fingerprint density at radius 1 is 0.812 bits per heavy atom. The highest BCUT2D eigenvalue weighted by molar-refractivity contribution is 6.92. The summed E-state index contributed by atoms with van der Waals surface area (Å²) in [6.07, 6.45) is 0. The van der Waals surface area contributed by atoms with Gasteiger partial charge in [-0.2, -0.15) is 0 Å². The van der Waals surface area contributed by atoms with E-state index in [2.05, 4.69) is 58.3 Å². The van der Waals surface area contributed by atoms with Crippen molar-refractivity contribution in [3.63, 3.8) is 0 Å². The van der Waals surface area contributed by atoms with Gasteiger partial charge in [0.05, 0.1) is 16.1 Å². The van der Waals surface area contributed by atoms with Gasteiger partial charge in [0.25, 0.3) is 0 Å². The van der Waals surface area contributed by atoms with Gasteiger partial charge in [-0.25, -0.2) is 0 Å². The van der Waals surface area contributed by atoms with Gasteiger partial charge in [-0.1, -0.05) is 57.0 Å². The minimum absolute atomic E-state index is 0.587. The second-order valence-corrected chi connectivity index (χ2v) is 16.8. The van der Waals surface area contributed by atoms with Crippen LogP contribution in [0.25, 0.3) is 0 Å². The molecule has 0 amide bonds. The molecule has 16 heavy (non-hydrogen) atoms. The van der Waals surface area contributed by atoms with E-state index in [4.69, 9.17) is 0 Å². The van der Waals surface area contributed by atoms with Crippen molar-refractivity contribution in [2.75, 3.05) is 0 Å². The van der Waals surface area contributed by atoms with E-state index >= 15 is 0 Å². The fraction of sp³-hybridized carbons (Fsp3) is 0.538. The smallest absolute Gasteiger partial charge is 0.114 e. The molecule has 90 valence electrons. The average Bonchev–Trinajstić information content (AvgIpc) is 2.04. The quantitative estimate of drug-likeness (QED) is 0.803. The lowest BCUT2D eigenvalue weighted by Gasteiger charge is -2.25. The van der Waals surface area contributed by atoms with E-state index < -0.39 is 16.1 Å². The van der Waals surface area contributed by atoms with Gasteiger partial charge in [0.1, 0.15) is 5.75 Å². The van der Waals surface area contributed by atoms with Gasteiger partial charge in [0.2, 0.25) is 0 Å². The van der Waals surface area contributed by atoms with E-state index in [1.165, 1.54) is 15.9 Å². The number of aromatic hydroxyl groups is 1. The molecule has 3 heteroatoms. The first-order valence-corrected chi connectivity index (χ1v) is 12.9. The molecule has 1 aromatic carbocycles. The number of hydrogen-bond acceptors (Lipinski definition) is 1. The molecule has 0 aliphatic heterocycles. The summed E-state index contributed by atoms with van der Waals surface area (Å²) in [4.78, 5) is 0. The Kier molecular flexibility index (Phi) is 3.41. The van der Waals surface area contributed by atoms with Gasteiger partial charge in [0, 0.05) is 0 Å². The van der Waals surface area contributed by atoms with Crippen molar-refractivity contribution in [1.82, 2.24) is 0 Å². The van der Waals surface area contributed by atoms with Crippen LogP contribution in [-0.4, -0.2) is 21.3 Å². The van der Waals surface area contributed by atoms with Crippen molar-refractivity contribution in [3.8, 4) is 5.75 Å². The van der Waals surface area contributed by atoms with E-state index in [0.29, 0.717) is 5.75 Å². The molecule has 0 spiro atoms. The zero-order valence-electron chi connectivity index (χ0n) is 11.6. The monoisotopic (exact) mass is 252 g/mol. The lowest BCUT2D eigenvalue weighted by atomic mass is 10.2. The predicted molar refractivity (Wildman–Crippen MR) is 78.8 cm³/mol. The van der Waals surface area contributed by atoms with Gasteiger partial charge < -0.3 is 5.11 Å². The summed E-state index contributed by atoms with van der Waals surface area (Å²) in [5.74, 6) is 0.587. The van der Waals surface area contributed by atoms with Crippen molar-refractivity contribution in [3.05, 3.63) is 17.7 Å². The molecule has 1 N–H and O–H groups in total. The number of hydrogen-bond donors (Lipinski definition) is 1. The van der Waals surface area contributed by atoms with E-state index in [1.54, 1.807) is 0 Å². The Morgan fingerprint density at radius 3 is 1.38 bits per heavy atom. The maximum absolute atomic E-state index is 10.5. The normalized spacial score (nSPS) is 12.9. The minimum Gasteiger partial charge on any atom is -0.508 e. The highest BCUT2D eigenvalue weighted by Crippen LogP contribution is 2.17. The molecule has 0 aromatic heterocycles. The zero-order valence-corrected chi connectivity index (χ0v) is 13.6. The maximum Gasteiger partial charge on any atom is 0.114 e. The Hall–Kier alpha value is -0.546.